The highest BCUT2D eigenvalue weighted by atomic mass is 14.3. The van der Waals surface area contributed by atoms with E-state index in [9.17, 15) is 0 Å². The second-order valence-electron chi connectivity index (χ2n) is 7.54. The van der Waals surface area contributed by atoms with Crippen molar-refractivity contribution in [2.45, 2.75) is 59.3 Å². The predicted molar refractivity (Wildman–Crippen MR) is 108 cm³/mol. The van der Waals surface area contributed by atoms with Crippen LogP contribution in [0.2, 0.25) is 0 Å². The van der Waals surface area contributed by atoms with Gasteiger partial charge in [-0.2, -0.15) is 0 Å². The first kappa shape index (κ1) is 20.5. The maximum atomic E-state index is 5.68. The van der Waals surface area contributed by atoms with Gasteiger partial charge < -0.3 is 0 Å². The zero-order chi connectivity index (χ0) is 18.2. The van der Waals surface area contributed by atoms with E-state index >= 15 is 0 Å². The molecule has 0 fully saturated rings. The molecule has 0 heteroatoms. The van der Waals surface area contributed by atoms with Gasteiger partial charge in [0, 0.05) is 0 Å². The maximum Gasteiger partial charge on any atom is -0.00930 e. The number of hydrogen-bond acceptors (Lipinski definition) is 0. The highest BCUT2D eigenvalue weighted by Gasteiger charge is 2.29. The fraction of sp³-hybridized carbons (Fsp3) is 0.458. The van der Waals surface area contributed by atoms with Crippen molar-refractivity contribution in [3.63, 3.8) is 0 Å². The second kappa shape index (κ2) is 9.67. The van der Waals surface area contributed by atoms with Gasteiger partial charge in [0.25, 0.3) is 0 Å². The number of allylic oxidation sites excluding steroid dienone is 4. The molecule has 0 aliphatic heterocycles. The molecule has 130 valence electrons. The van der Waals surface area contributed by atoms with Crippen LogP contribution in [-0.2, 0) is 0 Å². The van der Waals surface area contributed by atoms with E-state index in [-0.39, 0.29) is 5.41 Å². The van der Waals surface area contributed by atoms with Gasteiger partial charge in [0.15, 0.2) is 0 Å². The van der Waals surface area contributed by atoms with E-state index in [0.29, 0.717) is 11.8 Å². The fourth-order valence-electron chi connectivity index (χ4n) is 3.48. The Balaban J connectivity index is 2.93. The van der Waals surface area contributed by atoms with Crippen molar-refractivity contribution in [1.82, 2.24) is 0 Å². The van der Waals surface area contributed by atoms with Crippen LogP contribution in [0.25, 0.3) is 0 Å². The number of rotatable bonds is 10. The molecule has 0 amide bonds. The Morgan fingerprint density at radius 3 is 2.29 bits per heavy atom. The summed E-state index contributed by atoms with van der Waals surface area (Å²) in [4.78, 5) is 0. The Bertz CT molecular complexity index is 549. The molecule has 3 unspecified atom stereocenters. The van der Waals surface area contributed by atoms with Crippen LogP contribution in [0.4, 0.5) is 0 Å². The van der Waals surface area contributed by atoms with Gasteiger partial charge >= 0.3 is 0 Å². The summed E-state index contributed by atoms with van der Waals surface area (Å²) in [5.74, 6) is 1.01. The Morgan fingerprint density at radius 2 is 1.83 bits per heavy atom. The van der Waals surface area contributed by atoms with Crippen molar-refractivity contribution >= 4 is 0 Å². The molecule has 0 heterocycles. The molecular weight excluding hydrogens is 288 g/mol. The first-order valence-electron chi connectivity index (χ1n) is 9.06. The standard InChI is InChI=1S/C24H34/c1-8-20(6)16-23(19(4)5)18-24(7,10-3)17-21(9-2)22-14-12-11-13-15-22/h1,8,10-15,21,23H,3-4,9,16-18H2,2,5-7H3. The summed E-state index contributed by atoms with van der Waals surface area (Å²) in [6.07, 6.45) is 8.19. The van der Waals surface area contributed by atoms with E-state index in [1.807, 2.05) is 0 Å². The minimum absolute atomic E-state index is 0.0923. The van der Waals surface area contributed by atoms with Gasteiger partial charge in [-0.3, -0.25) is 0 Å². The largest absolute Gasteiger partial charge is 0.103 e. The van der Waals surface area contributed by atoms with Crippen molar-refractivity contribution in [2.24, 2.45) is 11.3 Å². The molecule has 2 radical (unpaired) electrons. The third kappa shape index (κ3) is 6.15. The van der Waals surface area contributed by atoms with Crippen molar-refractivity contribution in [2.75, 3.05) is 0 Å². The van der Waals surface area contributed by atoms with Gasteiger partial charge in [0.05, 0.1) is 0 Å². The van der Waals surface area contributed by atoms with E-state index in [2.05, 4.69) is 77.3 Å². The molecule has 0 bridgehead atoms. The number of hydrogen-bond donors (Lipinski definition) is 0. The van der Waals surface area contributed by atoms with Gasteiger partial charge in [-0.1, -0.05) is 74.1 Å². The average molecular weight is 323 g/mol. The summed E-state index contributed by atoms with van der Waals surface area (Å²) in [6.45, 7) is 22.9. The molecule has 0 aliphatic rings. The minimum atomic E-state index is 0.0923. The summed E-state index contributed by atoms with van der Waals surface area (Å²) in [5.41, 5.74) is 3.98. The molecule has 0 saturated heterocycles. The monoisotopic (exact) mass is 322 g/mol. The van der Waals surface area contributed by atoms with Crippen LogP contribution >= 0.6 is 0 Å². The van der Waals surface area contributed by atoms with Crippen LogP contribution < -0.4 is 0 Å². The third-order valence-corrected chi connectivity index (χ3v) is 5.23. The lowest BCUT2D eigenvalue weighted by atomic mass is 9.70. The first-order chi connectivity index (χ1) is 11.3. The lowest BCUT2D eigenvalue weighted by Gasteiger charge is -2.34. The van der Waals surface area contributed by atoms with Gasteiger partial charge in [-0.25, -0.2) is 0 Å². The Hall–Kier alpha value is -1.56. The minimum Gasteiger partial charge on any atom is -0.103 e. The van der Waals surface area contributed by atoms with E-state index in [1.165, 1.54) is 16.7 Å². The summed E-state index contributed by atoms with van der Waals surface area (Å²) in [5, 5.41) is 0. The smallest absolute Gasteiger partial charge is 0.00930 e. The van der Waals surface area contributed by atoms with Crippen LogP contribution in [-0.4, -0.2) is 0 Å². The van der Waals surface area contributed by atoms with Gasteiger partial charge in [-0.15, -0.1) is 6.58 Å². The normalized spacial score (nSPS) is 17.0. The molecule has 1 rings (SSSR count). The molecule has 1 aromatic rings. The summed E-state index contributed by atoms with van der Waals surface area (Å²) < 4.78 is 0. The molecule has 0 aliphatic carbocycles. The lowest BCUT2D eigenvalue weighted by Crippen LogP contribution is -2.22. The summed E-state index contributed by atoms with van der Waals surface area (Å²) >= 11 is 0. The second-order valence-corrected chi connectivity index (χ2v) is 7.54. The molecule has 0 spiro atoms. The molecule has 1 aromatic carbocycles. The van der Waals surface area contributed by atoms with E-state index in [1.54, 1.807) is 6.08 Å². The number of benzene rings is 1. The van der Waals surface area contributed by atoms with Gasteiger partial charge in [-0.05, 0) is 69.3 Å². The molecule has 0 saturated carbocycles. The van der Waals surface area contributed by atoms with Gasteiger partial charge in [0.1, 0.15) is 0 Å². The summed E-state index contributed by atoms with van der Waals surface area (Å²) in [6, 6.07) is 10.8. The summed E-state index contributed by atoms with van der Waals surface area (Å²) in [7, 11) is 0. The maximum absolute atomic E-state index is 5.68. The zero-order valence-electron chi connectivity index (χ0n) is 16.0. The quantitative estimate of drug-likeness (QED) is 0.394. The molecule has 24 heavy (non-hydrogen) atoms. The Morgan fingerprint density at radius 1 is 1.21 bits per heavy atom. The van der Waals surface area contributed by atoms with E-state index in [4.69, 9.17) is 6.92 Å². The zero-order valence-corrected chi connectivity index (χ0v) is 16.0. The van der Waals surface area contributed by atoms with Crippen LogP contribution in [0, 0.1) is 18.3 Å². The first-order valence-corrected chi connectivity index (χ1v) is 9.06. The van der Waals surface area contributed by atoms with Crippen LogP contribution in [0.15, 0.2) is 66.8 Å². The Kier molecular flexibility index (Phi) is 8.25. The highest BCUT2D eigenvalue weighted by Crippen LogP contribution is 2.42. The van der Waals surface area contributed by atoms with Crippen LogP contribution in [0.5, 0.6) is 0 Å². The fourth-order valence-corrected chi connectivity index (χ4v) is 3.48. The van der Waals surface area contributed by atoms with Crippen molar-refractivity contribution in [3.05, 3.63) is 79.3 Å². The topological polar surface area (TPSA) is 0 Å². The lowest BCUT2D eigenvalue weighted by molar-refractivity contribution is 0.281. The van der Waals surface area contributed by atoms with Crippen molar-refractivity contribution in [1.29, 1.82) is 0 Å². The van der Waals surface area contributed by atoms with Crippen LogP contribution in [0.3, 0.4) is 0 Å². The Labute approximate surface area is 150 Å². The SMILES string of the molecule is [CH]C=C(C)CC(CC(C)(C=C)CC(CC)c1ccccc1)C(=C)C. The van der Waals surface area contributed by atoms with E-state index in [0.717, 1.165) is 25.7 Å². The highest BCUT2D eigenvalue weighted by molar-refractivity contribution is 5.20. The van der Waals surface area contributed by atoms with Gasteiger partial charge in [0.2, 0.25) is 0 Å². The van der Waals surface area contributed by atoms with E-state index < -0.39 is 0 Å². The van der Waals surface area contributed by atoms with Crippen LogP contribution in [0.1, 0.15) is 64.9 Å². The molecular formula is C24H34. The van der Waals surface area contributed by atoms with Crippen molar-refractivity contribution < 1.29 is 0 Å². The predicted octanol–water partition coefficient (Wildman–Crippen LogP) is 7.39. The molecule has 0 nitrogen and oxygen atoms in total. The third-order valence-electron chi connectivity index (χ3n) is 5.23. The molecule has 0 N–H and O–H groups in total. The average Bonchev–Trinajstić information content (AvgIpc) is 2.59. The van der Waals surface area contributed by atoms with Crippen molar-refractivity contribution in [3.8, 4) is 0 Å². The molecule has 0 aromatic heterocycles. The molecule has 3 atom stereocenters.